The molecule has 1 saturated heterocycles. The number of nitrogens with one attached hydrogen (secondary N) is 5. The molecule has 0 saturated carbocycles. The number of likely N-dealkylation sites (tertiary alicyclic amines) is 1. The molecule has 1 aromatic heterocycles. The van der Waals surface area contributed by atoms with Gasteiger partial charge < -0.3 is 47.1 Å². The van der Waals surface area contributed by atoms with E-state index in [1.54, 1.807) is 57.2 Å². The lowest BCUT2D eigenvalue weighted by Crippen LogP contribution is -2.61. The Morgan fingerprint density at radius 2 is 1.49 bits per heavy atom. The van der Waals surface area contributed by atoms with Crippen LogP contribution in [0.15, 0.2) is 67.1 Å². The van der Waals surface area contributed by atoms with Crippen LogP contribution < -0.4 is 27.0 Å². The van der Waals surface area contributed by atoms with Crippen LogP contribution in [0.2, 0.25) is 0 Å². The molecular weight excluding hydrogens is 732 g/mol. The van der Waals surface area contributed by atoms with Gasteiger partial charge in [-0.3, -0.25) is 24.0 Å². The molecule has 308 valence electrons. The number of carboxylic acid groups (broad SMARTS) is 1. The Morgan fingerprint density at radius 3 is 2.11 bits per heavy atom. The van der Waals surface area contributed by atoms with Crippen LogP contribution in [0.5, 0.6) is 5.75 Å². The fourth-order valence-corrected chi connectivity index (χ4v) is 6.63. The molecule has 0 aliphatic carbocycles. The molecule has 1 aliphatic rings. The van der Waals surface area contributed by atoms with Crippen molar-refractivity contribution in [2.75, 3.05) is 13.1 Å². The van der Waals surface area contributed by atoms with E-state index in [-0.39, 0.29) is 37.5 Å². The summed E-state index contributed by atoms with van der Waals surface area (Å²) in [6.07, 6.45) is 4.55. The highest BCUT2D eigenvalue weighted by molar-refractivity contribution is 5.95. The van der Waals surface area contributed by atoms with Crippen LogP contribution in [-0.2, 0) is 48.0 Å². The average molecular weight is 789 g/mol. The van der Waals surface area contributed by atoms with Crippen LogP contribution in [0, 0.1) is 17.8 Å². The smallest absolute Gasteiger partial charge is 0.326 e. The third kappa shape index (κ3) is 12.9. The van der Waals surface area contributed by atoms with E-state index in [1.165, 1.54) is 29.6 Å². The van der Waals surface area contributed by atoms with Crippen LogP contribution in [0.1, 0.15) is 63.8 Å². The zero-order valence-corrected chi connectivity index (χ0v) is 32.9. The number of nitrogens with zero attached hydrogens (tertiary/aromatic N) is 2. The van der Waals surface area contributed by atoms with Gasteiger partial charge in [0.25, 0.3) is 0 Å². The summed E-state index contributed by atoms with van der Waals surface area (Å²) in [6, 6.07) is 9.73. The standard InChI is InChI=1S/C41H56N8O8/c1-5-25(4)35(48-37(52)31(45-38(53)34(42)24(2)3)18-27-13-15-30(50)16-14-27)39(54)46-32(20-29-21-43-23-44-29)40(55)49-17-9-12-28(22-49)36(51)47-33(41(56)57)19-26-10-7-6-8-11-26/h6-8,10-11,13-16,21,23-25,28,31-35,50H,5,9,12,17-20,22,42H2,1-4H3,(H,43,44)(H,45,53)(H,46,54)(H,47,51)(H,48,52)(H,56,57). The van der Waals surface area contributed by atoms with Gasteiger partial charge in [0.2, 0.25) is 29.5 Å². The third-order valence-electron chi connectivity index (χ3n) is 10.4. The first-order valence-corrected chi connectivity index (χ1v) is 19.4. The van der Waals surface area contributed by atoms with Gasteiger partial charge in [-0.05, 0) is 47.9 Å². The molecule has 16 nitrogen and oxygen atoms in total. The molecule has 7 atom stereocenters. The predicted octanol–water partition coefficient (Wildman–Crippen LogP) is 1.44. The summed E-state index contributed by atoms with van der Waals surface area (Å²) >= 11 is 0. The monoisotopic (exact) mass is 788 g/mol. The van der Waals surface area contributed by atoms with Crippen LogP contribution in [-0.4, -0.2) is 104 Å². The van der Waals surface area contributed by atoms with E-state index < -0.39 is 77.6 Å². The maximum absolute atomic E-state index is 14.2. The zero-order chi connectivity index (χ0) is 41.6. The quantitative estimate of drug-likeness (QED) is 0.0868. The maximum atomic E-state index is 14.2. The van der Waals surface area contributed by atoms with E-state index >= 15 is 0 Å². The molecule has 2 heterocycles. The van der Waals surface area contributed by atoms with E-state index in [1.807, 2.05) is 13.0 Å². The molecule has 5 amide bonds. The third-order valence-corrected chi connectivity index (χ3v) is 10.4. The number of H-pyrrole nitrogens is 1. The summed E-state index contributed by atoms with van der Waals surface area (Å²) in [4.78, 5) is 89.4. The first kappa shape index (κ1) is 44.0. The number of piperidine rings is 1. The number of rotatable bonds is 19. The molecule has 0 radical (unpaired) electrons. The van der Waals surface area contributed by atoms with Gasteiger partial charge >= 0.3 is 5.97 Å². The summed E-state index contributed by atoms with van der Waals surface area (Å²) in [5, 5.41) is 30.7. The number of carbonyl (C=O) groups excluding carboxylic acids is 5. The van der Waals surface area contributed by atoms with Crippen LogP contribution >= 0.6 is 0 Å². The van der Waals surface area contributed by atoms with E-state index in [2.05, 4.69) is 31.2 Å². The Hall–Kier alpha value is -5.77. The van der Waals surface area contributed by atoms with Gasteiger partial charge in [-0.2, -0.15) is 0 Å². The number of aromatic amines is 1. The summed E-state index contributed by atoms with van der Waals surface area (Å²) in [5.41, 5.74) is 8.06. The Morgan fingerprint density at radius 1 is 0.842 bits per heavy atom. The minimum atomic E-state index is -1.17. The molecule has 7 unspecified atom stereocenters. The zero-order valence-electron chi connectivity index (χ0n) is 32.9. The molecule has 0 spiro atoms. The van der Waals surface area contributed by atoms with Crippen molar-refractivity contribution in [1.29, 1.82) is 0 Å². The molecule has 9 N–H and O–H groups in total. The van der Waals surface area contributed by atoms with Crippen LogP contribution in [0.3, 0.4) is 0 Å². The first-order valence-electron chi connectivity index (χ1n) is 19.4. The molecule has 57 heavy (non-hydrogen) atoms. The van der Waals surface area contributed by atoms with Crippen LogP contribution in [0.4, 0.5) is 0 Å². The minimum absolute atomic E-state index is 0.0143. The maximum Gasteiger partial charge on any atom is 0.326 e. The number of amides is 5. The second-order valence-electron chi connectivity index (χ2n) is 15.1. The van der Waals surface area contributed by atoms with Gasteiger partial charge in [-0.15, -0.1) is 0 Å². The van der Waals surface area contributed by atoms with Crippen molar-refractivity contribution in [3.63, 3.8) is 0 Å². The molecule has 1 aliphatic heterocycles. The molecule has 2 aromatic carbocycles. The molecule has 3 aromatic rings. The molecular formula is C41H56N8O8. The molecule has 4 rings (SSSR count). The van der Waals surface area contributed by atoms with Crippen molar-refractivity contribution in [2.24, 2.45) is 23.5 Å². The highest BCUT2D eigenvalue weighted by Crippen LogP contribution is 2.20. The lowest BCUT2D eigenvalue weighted by atomic mass is 9.94. The number of nitrogens with two attached hydrogens (primary N) is 1. The van der Waals surface area contributed by atoms with Crippen molar-refractivity contribution in [1.82, 2.24) is 36.1 Å². The number of benzene rings is 2. The number of hydrogen-bond acceptors (Lipinski definition) is 9. The predicted molar refractivity (Wildman–Crippen MR) is 211 cm³/mol. The fraction of sp³-hybridized carbons (Fsp3) is 0.488. The van der Waals surface area contributed by atoms with Crippen molar-refractivity contribution in [3.05, 3.63) is 83.9 Å². The van der Waals surface area contributed by atoms with Crippen molar-refractivity contribution in [2.45, 2.75) is 96.4 Å². The van der Waals surface area contributed by atoms with E-state index in [9.17, 15) is 39.0 Å². The number of aromatic hydroxyl groups is 1. The van der Waals surface area contributed by atoms with Crippen molar-refractivity contribution < 1.29 is 39.0 Å². The number of imidazole rings is 1. The average Bonchev–Trinajstić information content (AvgIpc) is 3.72. The number of phenols is 1. The van der Waals surface area contributed by atoms with Gasteiger partial charge in [0, 0.05) is 44.2 Å². The number of aliphatic carboxylic acids is 1. The van der Waals surface area contributed by atoms with Gasteiger partial charge in [0.15, 0.2) is 0 Å². The topological polar surface area (TPSA) is 249 Å². The van der Waals surface area contributed by atoms with Crippen molar-refractivity contribution >= 4 is 35.5 Å². The summed E-state index contributed by atoms with van der Waals surface area (Å²) in [6.45, 7) is 7.53. The largest absolute Gasteiger partial charge is 0.508 e. The minimum Gasteiger partial charge on any atom is -0.508 e. The van der Waals surface area contributed by atoms with Gasteiger partial charge in [0.05, 0.1) is 18.3 Å². The lowest BCUT2D eigenvalue weighted by Gasteiger charge is -2.35. The molecule has 1 fully saturated rings. The highest BCUT2D eigenvalue weighted by Gasteiger charge is 2.37. The fourth-order valence-electron chi connectivity index (χ4n) is 6.63. The Balaban J connectivity index is 1.51. The number of carbonyl (C=O) groups is 6. The number of aromatic nitrogens is 2. The molecule has 0 bridgehead atoms. The van der Waals surface area contributed by atoms with Gasteiger partial charge in [-0.1, -0.05) is 76.6 Å². The number of phenolic OH excluding ortho intramolecular Hbond substituents is 1. The first-order chi connectivity index (χ1) is 27.2. The van der Waals surface area contributed by atoms with E-state index in [0.717, 1.165) is 5.56 Å². The Labute approximate surface area is 332 Å². The number of hydrogen-bond donors (Lipinski definition) is 8. The second-order valence-corrected chi connectivity index (χ2v) is 15.1. The van der Waals surface area contributed by atoms with E-state index in [4.69, 9.17) is 5.73 Å². The second kappa shape index (κ2) is 20.9. The van der Waals surface area contributed by atoms with E-state index in [0.29, 0.717) is 37.1 Å². The summed E-state index contributed by atoms with van der Waals surface area (Å²) in [7, 11) is 0. The number of carboxylic acids is 1. The lowest BCUT2D eigenvalue weighted by molar-refractivity contribution is -0.144. The normalized spacial score (nSPS) is 17.3. The highest BCUT2D eigenvalue weighted by atomic mass is 16.4. The van der Waals surface area contributed by atoms with Crippen molar-refractivity contribution in [3.8, 4) is 5.75 Å². The summed E-state index contributed by atoms with van der Waals surface area (Å²) < 4.78 is 0. The van der Waals surface area contributed by atoms with Gasteiger partial charge in [0.1, 0.15) is 29.9 Å². The Bertz CT molecular complexity index is 1800. The SMILES string of the molecule is CCC(C)C(NC(=O)C(Cc1ccc(O)cc1)NC(=O)C(N)C(C)C)C(=O)NC(Cc1cnc[nH]1)C(=O)N1CCCC(C(=O)NC(Cc2ccccc2)C(=O)O)C1. The summed E-state index contributed by atoms with van der Waals surface area (Å²) in [5.74, 6) is -5.17. The molecule has 16 heteroatoms. The Kier molecular flexibility index (Phi) is 16.2. The van der Waals surface area contributed by atoms with Gasteiger partial charge in [-0.25, -0.2) is 9.78 Å². The van der Waals surface area contributed by atoms with Crippen LogP contribution in [0.25, 0.3) is 0 Å².